The molecule has 1 aliphatic carbocycles. The van der Waals surface area contributed by atoms with Crippen molar-refractivity contribution in [2.24, 2.45) is 5.92 Å². The predicted octanol–water partition coefficient (Wildman–Crippen LogP) is 2.10. The Hall–Kier alpha value is -2.22. The molecular weight excluding hydrogens is 384 g/mol. The van der Waals surface area contributed by atoms with Crippen molar-refractivity contribution in [2.75, 3.05) is 0 Å². The van der Waals surface area contributed by atoms with Gasteiger partial charge in [-0.15, -0.1) is 18.3 Å². The first-order valence-corrected chi connectivity index (χ1v) is 10.6. The van der Waals surface area contributed by atoms with E-state index in [0.29, 0.717) is 12.3 Å². The predicted molar refractivity (Wildman–Crippen MR) is 115 cm³/mol. The molecule has 168 valence electrons. The molecule has 30 heavy (non-hydrogen) atoms. The maximum Gasteiger partial charge on any atom is 0.408 e. The molecule has 1 fully saturated rings. The van der Waals surface area contributed by atoms with Gasteiger partial charge in [0.2, 0.25) is 5.91 Å². The minimum absolute atomic E-state index is 0.0331. The summed E-state index contributed by atoms with van der Waals surface area (Å²) in [4.78, 5) is 25.0. The second-order valence-electron chi connectivity index (χ2n) is 8.79. The summed E-state index contributed by atoms with van der Waals surface area (Å²) in [6, 6.07) is -1.72. The molecule has 7 nitrogen and oxygen atoms in total. The Kier molecular flexibility index (Phi) is 10.7. The number of nitrogens with one attached hydrogen (secondary N) is 2. The van der Waals surface area contributed by atoms with Crippen LogP contribution in [-0.4, -0.2) is 52.1 Å². The molecule has 4 atom stereocenters. The average molecular weight is 421 g/mol. The lowest BCUT2D eigenvalue weighted by atomic mass is 9.83. The fraction of sp³-hybridized carbons (Fsp3) is 0.739. The molecule has 0 spiro atoms. The van der Waals surface area contributed by atoms with E-state index in [-0.39, 0.29) is 6.42 Å². The minimum Gasteiger partial charge on any atom is -0.444 e. The highest BCUT2D eigenvalue weighted by molar-refractivity contribution is 5.86. The molecule has 4 N–H and O–H groups in total. The number of amides is 2. The second-order valence-corrected chi connectivity index (χ2v) is 8.79. The molecule has 1 rings (SSSR count). The van der Waals surface area contributed by atoms with Crippen LogP contribution in [0.2, 0.25) is 0 Å². The Labute approximate surface area is 180 Å². The zero-order valence-electron chi connectivity index (χ0n) is 18.5. The zero-order valence-corrected chi connectivity index (χ0v) is 18.5. The van der Waals surface area contributed by atoms with Gasteiger partial charge in [0, 0.05) is 6.42 Å². The van der Waals surface area contributed by atoms with Gasteiger partial charge in [-0.2, -0.15) is 0 Å². The number of carbonyl (C=O) groups is 2. The Morgan fingerprint density at radius 2 is 1.80 bits per heavy atom. The third kappa shape index (κ3) is 9.52. The van der Waals surface area contributed by atoms with E-state index in [0.717, 1.165) is 25.7 Å². The first kappa shape index (κ1) is 25.8. The maximum atomic E-state index is 12.9. The molecule has 0 aromatic rings. The summed E-state index contributed by atoms with van der Waals surface area (Å²) in [6.45, 7) is 6.72. The Morgan fingerprint density at radius 3 is 2.33 bits per heavy atom. The van der Waals surface area contributed by atoms with Gasteiger partial charge in [-0.25, -0.2) is 4.79 Å². The maximum absolute atomic E-state index is 12.9. The summed E-state index contributed by atoms with van der Waals surface area (Å²) in [6.07, 6.45) is 7.99. The van der Waals surface area contributed by atoms with E-state index in [1.165, 1.54) is 6.42 Å². The molecule has 7 heteroatoms. The monoisotopic (exact) mass is 420 g/mol. The van der Waals surface area contributed by atoms with E-state index in [1.54, 1.807) is 27.7 Å². The van der Waals surface area contributed by atoms with Crippen LogP contribution in [0.3, 0.4) is 0 Å². The van der Waals surface area contributed by atoms with E-state index in [1.807, 2.05) is 0 Å². The van der Waals surface area contributed by atoms with E-state index < -0.39 is 41.9 Å². The van der Waals surface area contributed by atoms with Crippen LogP contribution in [0, 0.1) is 30.1 Å². The van der Waals surface area contributed by atoms with Gasteiger partial charge in [-0.05, 0) is 40.0 Å². The molecule has 2 amide bonds. The molecule has 0 heterocycles. The van der Waals surface area contributed by atoms with E-state index >= 15 is 0 Å². The highest BCUT2D eigenvalue weighted by Crippen LogP contribution is 2.28. The third-order valence-electron chi connectivity index (χ3n) is 5.00. The smallest absolute Gasteiger partial charge is 0.408 e. The number of aliphatic hydroxyl groups is 2. The first-order valence-electron chi connectivity index (χ1n) is 10.6. The molecule has 0 bridgehead atoms. The van der Waals surface area contributed by atoms with Crippen LogP contribution in [0.5, 0.6) is 0 Å². The van der Waals surface area contributed by atoms with Crippen molar-refractivity contribution in [3.05, 3.63) is 0 Å². The van der Waals surface area contributed by atoms with Crippen molar-refractivity contribution < 1.29 is 24.5 Å². The van der Waals surface area contributed by atoms with E-state index in [2.05, 4.69) is 28.4 Å². The van der Waals surface area contributed by atoms with Crippen molar-refractivity contribution in [1.82, 2.24) is 10.6 Å². The number of aliphatic hydroxyl groups excluding tert-OH is 2. The van der Waals surface area contributed by atoms with Gasteiger partial charge in [0.05, 0.1) is 6.04 Å². The van der Waals surface area contributed by atoms with E-state index in [9.17, 15) is 19.8 Å². The lowest BCUT2D eigenvalue weighted by Crippen LogP contribution is -2.55. The first-order chi connectivity index (χ1) is 14.1. The third-order valence-corrected chi connectivity index (χ3v) is 5.00. The van der Waals surface area contributed by atoms with Gasteiger partial charge in [-0.1, -0.05) is 38.0 Å². The molecule has 0 radical (unpaired) electrons. The summed E-state index contributed by atoms with van der Waals surface area (Å²) in [5.41, 5.74) is -0.718. The summed E-state index contributed by atoms with van der Waals surface area (Å²) >= 11 is 0. The molecule has 0 aromatic heterocycles. The topological polar surface area (TPSA) is 108 Å². The summed E-state index contributed by atoms with van der Waals surface area (Å²) in [5, 5.41) is 26.0. The van der Waals surface area contributed by atoms with Crippen LogP contribution in [0.15, 0.2) is 0 Å². The molecule has 0 aliphatic heterocycles. The molecule has 1 saturated carbocycles. The minimum atomic E-state index is -1.28. The Morgan fingerprint density at radius 1 is 1.17 bits per heavy atom. The van der Waals surface area contributed by atoms with Crippen molar-refractivity contribution >= 4 is 12.0 Å². The summed E-state index contributed by atoms with van der Waals surface area (Å²) < 4.78 is 5.20. The number of ether oxygens (including phenoxy) is 1. The van der Waals surface area contributed by atoms with Gasteiger partial charge < -0.3 is 25.6 Å². The number of hydrogen-bond acceptors (Lipinski definition) is 5. The zero-order chi connectivity index (χ0) is 22.7. The van der Waals surface area contributed by atoms with Crippen molar-refractivity contribution in [3.8, 4) is 24.2 Å². The number of carbonyl (C=O) groups excluding carboxylic acids is 2. The van der Waals surface area contributed by atoms with Gasteiger partial charge in [0.25, 0.3) is 0 Å². The van der Waals surface area contributed by atoms with Crippen LogP contribution in [-0.2, 0) is 9.53 Å². The van der Waals surface area contributed by atoms with Crippen molar-refractivity contribution in [1.29, 1.82) is 0 Å². The lowest BCUT2D eigenvalue weighted by Gasteiger charge is -2.32. The van der Waals surface area contributed by atoms with Crippen molar-refractivity contribution in [2.45, 2.75) is 103 Å². The normalized spacial score (nSPS) is 18.6. The largest absolute Gasteiger partial charge is 0.444 e. The van der Waals surface area contributed by atoms with E-state index in [4.69, 9.17) is 11.2 Å². The Balaban J connectivity index is 2.90. The Bertz CT molecular complexity index is 662. The fourth-order valence-electron chi connectivity index (χ4n) is 3.58. The molecule has 0 saturated heterocycles. The number of hydrogen-bond donors (Lipinski definition) is 4. The second kappa shape index (κ2) is 12.5. The number of terminal acetylenes is 1. The van der Waals surface area contributed by atoms with Gasteiger partial charge in [0.15, 0.2) is 0 Å². The SMILES string of the molecule is C#CCC(NC(=O)OC(C)(C)C)C(=O)N[C@H](CC1CCCCC1)[C@@H](O)[C@@H](O)C#CC. The number of rotatable bonds is 8. The number of alkyl carbamates (subject to hydrolysis) is 1. The summed E-state index contributed by atoms with van der Waals surface area (Å²) in [7, 11) is 0. The van der Waals surface area contributed by atoms with Crippen molar-refractivity contribution in [3.63, 3.8) is 0 Å². The highest BCUT2D eigenvalue weighted by atomic mass is 16.6. The van der Waals surface area contributed by atoms with Gasteiger partial charge in [0.1, 0.15) is 23.9 Å². The lowest BCUT2D eigenvalue weighted by molar-refractivity contribution is -0.125. The average Bonchev–Trinajstić information content (AvgIpc) is 2.66. The van der Waals surface area contributed by atoms with Crippen LogP contribution in [0.4, 0.5) is 4.79 Å². The van der Waals surface area contributed by atoms with Crippen LogP contribution < -0.4 is 10.6 Å². The van der Waals surface area contributed by atoms with Crippen LogP contribution in [0.1, 0.15) is 72.6 Å². The quantitative estimate of drug-likeness (QED) is 0.450. The molecule has 1 aliphatic rings. The van der Waals surface area contributed by atoms with Gasteiger partial charge in [-0.3, -0.25) is 4.79 Å². The molecular formula is C23H36N2O5. The molecule has 0 aromatic carbocycles. The fourth-order valence-corrected chi connectivity index (χ4v) is 3.58. The highest BCUT2D eigenvalue weighted by Gasteiger charge is 2.32. The molecule has 1 unspecified atom stereocenters. The van der Waals surface area contributed by atoms with Gasteiger partial charge >= 0.3 is 6.09 Å². The summed E-state index contributed by atoms with van der Waals surface area (Å²) in [5.74, 6) is 7.29. The standard InChI is InChI=1S/C23H36N2O5/c1-6-11-17(25-22(29)30-23(3,4)5)21(28)24-18(20(27)19(26)12-7-2)15-16-13-9-8-10-14-16/h1,16-20,26-27H,8-11,13-15H2,2-5H3,(H,24,28)(H,25,29)/t17?,18-,19+,20-/m1/s1. The van der Waals surface area contributed by atoms with Crippen LogP contribution in [0.25, 0.3) is 0 Å². The van der Waals surface area contributed by atoms with Crippen LogP contribution >= 0.6 is 0 Å².